The first kappa shape index (κ1) is 18.4. The number of hydrogen-bond acceptors (Lipinski definition) is 4. The van der Waals surface area contributed by atoms with Crippen molar-refractivity contribution in [2.45, 2.75) is 20.0 Å². The van der Waals surface area contributed by atoms with Gasteiger partial charge in [0.2, 0.25) is 0 Å². The standard InChI is InChI=1S/C22H23BrN2O2/c1-16-3-2-4-17(11-16)14-24-7-9-25(10-8-24)15-18-12-22(26)27-21-13-19(23)5-6-20(18)21/h2-6,11-13H,7-10,14-15H2,1H3. The monoisotopic (exact) mass is 426 g/mol. The summed E-state index contributed by atoms with van der Waals surface area (Å²) in [6, 6.07) is 16.2. The summed E-state index contributed by atoms with van der Waals surface area (Å²) in [6.45, 7) is 8.01. The summed E-state index contributed by atoms with van der Waals surface area (Å²) >= 11 is 3.44. The van der Waals surface area contributed by atoms with E-state index >= 15 is 0 Å². The number of rotatable bonds is 4. The van der Waals surface area contributed by atoms with Gasteiger partial charge in [-0.2, -0.15) is 0 Å². The van der Waals surface area contributed by atoms with Gasteiger partial charge in [0.1, 0.15) is 5.58 Å². The van der Waals surface area contributed by atoms with Gasteiger partial charge in [0.05, 0.1) is 0 Å². The lowest BCUT2D eigenvalue weighted by Crippen LogP contribution is -2.45. The lowest BCUT2D eigenvalue weighted by molar-refractivity contribution is 0.122. The van der Waals surface area contributed by atoms with Crippen molar-refractivity contribution in [3.05, 3.63) is 80.1 Å². The van der Waals surface area contributed by atoms with Crippen LogP contribution in [0.3, 0.4) is 0 Å². The average molecular weight is 427 g/mol. The predicted molar refractivity (Wildman–Crippen MR) is 112 cm³/mol. The van der Waals surface area contributed by atoms with Crippen LogP contribution in [0.4, 0.5) is 0 Å². The summed E-state index contributed by atoms with van der Waals surface area (Å²) in [5, 5.41) is 1.01. The van der Waals surface area contributed by atoms with E-state index in [1.54, 1.807) is 6.07 Å². The quantitative estimate of drug-likeness (QED) is 0.586. The van der Waals surface area contributed by atoms with Crippen molar-refractivity contribution in [1.82, 2.24) is 9.80 Å². The molecule has 3 aromatic rings. The molecule has 0 unspecified atom stereocenters. The van der Waals surface area contributed by atoms with Crippen LogP contribution in [-0.4, -0.2) is 36.0 Å². The fourth-order valence-electron chi connectivity index (χ4n) is 3.75. The summed E-state index contributed by atoms with van der Waals surface area (Å²) in [7, 11) is 0. The molecular formula is C22H23BrN2O2. The Labute approximate surface area is 167 Å². The molecule has 0 N–H and O–H groups in total. The minimum absolute atomic E-state index is 0.284. The van der Waals surface area contributed by atoms with Crippen LogP contribution in [0.15, 0.2) is 62.2 Å². The topological polar surface area (TPSA) is 36.7 Å². The minimum atomic E-state index is -0.284. The van der Waals surface area contributed by atoms with Gasteiger partial charge in [-0.15, -0.1) is 0 Å². The number of piperazine rings is 1. The largest absolute Gasteiger partial charge is 0.423 e. The van der Waals surface area contributed by atoms with E-state index in [0.717, 1.165) is 54.7 Å². The van der Waals surface area contributed by atoms with Crippen LogP contribution in [0, 0.1) is 6.92 Å². The zero-order chi connectivity index (χ0) is 18.8. The summed E-state index contributed by atoms with van der Waals surface area (Å²) in [6.07, 6.45) is 0. The van der Waals surface area contributed by atoms with Crippen molar-refractivity contribution >= 4 is 26.9 Å². The Kier molecular flexibility index (Phi) is 5.43. The maximum atomic E-state index is 11.9. The van der Waals surface area contributed by atoms with E-state index in [9.17, 15) is 4.79 Å². The Morgan fingerprint density at radius 2 is 1.70 bits per heavy atom. The molecule has 4 rings (SSSR count). The fourth-order valence-corrected chi connectivity index (χ4v) is 4.09. The van der Waals surface area contributed by atoms with E-state index < -0.39 is 0 Å². The van der Waals surface area contributed by atoms with Gasteiger partial charge in [-0.1, -0.05) is 45.8 Å². The fraction of sp³-hybridized carbons (Fsp3) is 0.318. The van der Waals surface area contributed by atoms with Gasteiger partial charge in [-0.25, -0.2) is 4.79 Å². The Bertz CT molecular complexity index is 1010. The molecule has 0 radical (unpaired) electrons. The average Bonchev–Trinajstić information content (AvgIpc) is 2.63. The zero-order valence-electron chi connectivity index (χ0n) is 15.5. The molecule has 27 heavy (non-hydrogen) atoms. The third-order valence-corrected chi connectivity index (χ3v) is 5.63. The van der Waals surface area contributed by atoms with Gasteiger partial charge < -0.3 is 4.42 Å². The van der Waals surface area contributed by atoms with E-state index in [0.29, 0.717) is 5.58 Å². The maximum Gasteiger partial charge on any atom is 0.336 e. The Balaban J connectivity index is 1.42. The molecule has 1 aliphatic rings. The minimum Gasteiger partial charge on any atom is -0.423 e. The predicted octanol–water partition coefficient (Wildman–Crippen LogP) is 4.18. The van der Waals surface area contributed by atoms with Gasteiger partial charge in [-0.05, 0) is 36.2 Å². The van der Waals surface area contributed by atoms with Crippen LogP contribution in [0.25, 0.3) is 11.0 Å². The number of halogens is 1. The van der Waals surface area contributed by atoms with Crippen LogP contribution in [0.2, 0.25) is 0 Å². The highest BCUT2D eigenvalue weighted by atomic mass is 79.9. The number of benzene rings is 2. The first-order chi connectivity index (χ1) is 13.1. The van der Waals surface area contributed by atoms with Gasteiger partial charge in [-0.3, -0.25) is 9.80 Å². The first-order valence-corrected chi connectivity index (χ1v) is 10.1. The molecular weight excluding hydrogens is 404 g/mol. The first-order valence-electron chi connectivity index (χ1n) is 9.29. The molecule has 0 aliphatic carbocycles. The van der Waals surface area contributed by atoms with E-state index in [1.807, 2.05) is 18.2 Å². The van der Waals surface area contributed by atoms with Crippen LogP contribution in [-0.2, 0) is 13.1 Å². The SMILES string of the molecule is Cc1cccc(CN2CCN(Cc3cc(=O)oc4cc(Br)ccc34)CC2)c1. The van der Waals surface area contributed by atoms with E-state index in [-0.39, 0.29) is 5.63 Å². The molecule has 1 saturated heterocycles. The highest BCUT2D eigenvalue weighted by Crippen LogP contribution is 2.23. The Hall–Kier alpha value is -1.95. The van der Waals surface area contributed by atoms with Gasteiger partial charge in [0.15, 0.2) is 0 Å². The molecule has 2 heterocycles. The summed E-state index contributed by atoms with van der Waals surface area (Å²) < 4.78 is 6.27. The molecule has 1 fully saturated rings. The Morgan fingerprint density at radius 3 is 2.44 bits per heavy atom. The van der Waals surface area contributed by atoms with E-state index in [2.05, 4.69) is 56.9 Å². The van der Waals surface area contributed by atoms with Crippen LogP contribution in [0.1, 0.15) is 16.7 Å². The number of aryl methyl sites for hydroxylation is 1. The van der Waals surface area contributed by atoms with E-state index in [4.69, 9.17) is 4.42 Å². The van der Waals surface area contributed by atoms with Crippen LogP contribution >= 0.6 is 15.9 Å². The van der Waals surface area contributed by atoms with Crippen molar-refractivity contribution in [3.63, 3.8) is 0 Å². The number of fused-ring (bicyclic) bond motifs is 1. The number of hydrogen-bond donors (Lipinski definition) is 0. The lowest BCUT2D eigenvalue weighted by Gasteiger charge is -2.34. The van der Waals surface area contributed by atoms with Crippen molar-refractivity contribution in [2.24, 2.45) is 0 Å². The summed E-state index contributed by atoms with van der Waals surface area (Å²) in [4.78, 5) is 16.9. The lowest BCUT2D eigenvalue weighted by atomic mass is 10.1. The second kappa shape index (κ2) is 7.97. The van der Waals surface area contributed by atoms with Gasteiger partial charge in [0.25, 0.3) is 0 Å². The third kappa shape index (κ3) is 4.49. The highest BCUT2D eigenvalue weighted by molar-refractivity contribution is 9.10. The summed E-state index contributed by atoms with van der Waals surface area (Å²) in [5.41, 5.74) is 4.09. The second-order valence-electron chi connectivity index (χ2n) is 7.27. The second-order valence-corrected chi connectivity index (χ2v) is 8.19. The zero-order valence-corrected chi connectivity index (χ0v) is 17.0. The van der Waals surface area contributed by atoms with Crippen LogP contribution in [0.5, 0.6) is 0 Å². The van der Waals surface area contributed by atoms with Gasteiger partial charge in [0, 0.05) is 55.2 Å². The summed E-state index contributed by atoms with van der Waals surface area (Å²) in [5.74, 6) is 0. The van der Waals surface area contributed by atoms with Crippen molar-refractivity contribution in [2.75, 3.05) is 26.2 Å². The van der Waals surface area contributed by atoms with Crippen molar-refractivity contribution in [3.8, 4) is 0 Å². The molecule has 5 heteroatoms. The molecule has 1 aromatic heterocycles. The third-order valence-electron chi connectivity index (χ3n) is 5.14. The molecule has 0 saturated carbocycles. The Morgan fingerprint density at radius 1 is 0.963 bits per heavy atom. The highest BCUT2D eigenvalue weighted by Gasteiger charge is 2.18. The maximum absolute atomic E-state index is 11.9. The smallest absolute Gasteiger partial charge is 0.336 e. The molecule has 4 nitrogen and oxygen atoms in total. The van der Waals surface area contributed by atoms with E-state index in [1.165, 1.54) is 11.1 Å². The normalized spacial score (nSPS) is 16.1. The molecule has 0 spiro atoms. The molecule has 0 bridgehead atoms. The molecule has 140 valence electrons. The molecule has 1 aliphatic heterocycles. The van der Waals surface area contributed by atoms with Crippen LogP contribution < -0.4 is 5.63 Å². The molecule has 0 atom stereocenters. The molecule has 2 aromatic carbocycles. The molecule has 0 amide bonds. The van der Waals surface area contributed by atoms with Crippen molar-refractivity contribution in [1.29, 1.82) is 0 Å². The van der Waals surface area contributed by atoms with Crippen molar-refractivity contribution < 1.29 is 4.42 Å². The van der Waals surface area contributed by atoms with Gasteiger partial charge >= 0.3 is 5.63 Å². The number of nitrogens with zero attached hydrogens (tertiary/aromatic N) is 2.